The third-order valence-corrected chi connectivity index (χ3v) is 4.50. The third kappa shape index (κ3) is 2.31. The number of benzene rings is 2. The van der Waals surface area contributed by atoms with E-state index >= 15 is 0 Å². The van der Waals surface area contributed by atoms with Crippen molar-refractivity contribution in [2.24, 2.45) is 0 Å². The van der Waals surface area contributed by atoms with Crippen molar-refractivity contribution >= 4 is 16.8 Å². The molecule has 5 nitrogen and oxygen atoms in total. The molecule has 3 rings (SSSR count). The maximum Gasteiger partial charge on any atom is 0.248 e. The zero-order valence-corrected chi connectivity index (χ0v) is 15.4. The minimum absolute atomic E-state index is 0.258. The zero-order valence-electron chi connectivity index (χ0n) is 15.4. The summed E-state index contributed by atoms with van der Waals surface area (Å²) in [6.45, 7) is 5.89. The number of hydrogen-bond donors (Lipinski definition) is 1. The van der Waals surface area contributed by atoms with E-state index in [-0.39, 0.29) is 5.75 Å². The predicted molar refractivity (Wildman–Crippen MR) is 98.0 cm³/mol. The number of rotatable bonds is 1. The SMILES string of the molecule is Cc1cc2nc3c(C)c(O)c(=[N+](C)C)c(C)c-3oc2cc1N(C)C. The van der Waals surface area contributed by atoms with Gasteiger partial charge in [-0.25, -0.2) is 9.56 Å². The fraction of sp³-hybridized carbons (Fsp3) is 0.368. The van der Waals surface area contributed by atoms with Crippen molar-refractivity contribution in [3.8, 4) is 17.2 Å². The lowest BCUT2D eigenvalue weighted by molar-refractivity contribution is 0.454. The summed E-state index contributed by atoms with van der Waals surface area (Å²) in [6.07, 6.45) is 0. The molecule has 0 aromatic heterocycles. The largest absolute Gasteiger partial charge is 0.502 e. The van der Waals surface area contributed by atoms with Crippen LogP contribution in [-0.4, -0.2) is 38.3 Å². The normalized spacial score (nSPS) is 11.3. The molecule has 0 bridgehead atoms. The first kappa shape index (κ1) is 16.3. The van der Waals surface area contributed by atoms with E-state index in [9.17, 15) is 5.11 Å². The molecule has 1 N–H and O–H groups in total. The molecule has 126 valence electrons. The molecule has 1 aromatic carbocycles. The van der Waals surface area contributed by atoms with Crippen LogP contribution in [0.3, 0.4) is 0 Å². The summed E-state index contributed by atoms with van der Waals surface area (Å²) in [6, 6.07) is 4.05. The number of aromatic nitrogens is 1. The average molecular weight is 326 g/mol. The number of phenolic OH excluding ortho intramolecular Hbond substituents is 1. The molecule has 5 heteroatoms. The topological polar surface area (TPSA) is 52.5 Å². The van der Waals surface area contributed by atoms with Gasteiger partial charge in [0, 0.05) is 31.4 Å². The van der Waals surface area contributed by atoms with Crippen LogP contribution in [0, 0.1) is 20.8 Å². The monoisotopic (exact) mass is 326 g/mol. The number of aromatic hydroxyl groups is 1. The Morgan fingerprint density at radius 3 is 2.33 bits per heavy atom. The summed E-state index contributed by atoms with van der Waals surface area (Å²) < 4.78 is 8.12. The van der Waals surface area contributed by atoms with Gasteiger partial charge >= 0.3 is 0 Å². The van der Waals surface area contributed by atoms with E-state index in [2.05, 4.69) is 11.8 Å². The summed E-state index contributed by atoms with van der Waals surface area (Å²) in [4.78, 5) is 6.83. The Labute approximate surface area is 141 Å². The van der Waals surface area contributed by atoms with Crippen LogP contribution in [0.4, 0.5) is 5.69 Å². The van der Waals surface area contributed by atoms with Crippen LogP contribution in [0.2, 0.25) is 0 Å². The highest BCUT2D eigenvalue weighted by Crippen LogP contribution is 2.34. The van der Waals surface area contributed by atoms with Crippen molar-refractivity contribution < 1.29 is 9.52 Å². The average Bonchev–Trinajstić information content (AvgIpc) is 2.50. The minimum atomic E-state index is 0.258. The van der Waals surface area contributed by atoms with Gasteiger partial charge in [-0.3, -0.25) is 0 Å². The molecule has 0 amide bonds. The Balaban J connectivity index is 2.51. The second-order valence-electron chi connectivity index (χ2n) is 6.73. The van der Waals surface area contributed by atoms with Crippen molar-refractivity contribution in [3.63, 3.8) is 0 Å². The van der Waals surface area contributed by atoms with Crippen molar-refractivity contribution in [1.82, 2.24) is 9.56 Å². The fourth-order valence-corrected chi connectivity index (χ4v) is 3.27. The molecule has 0 atom stereocenters. The van der Waals surface area contributed by atoms with E-state index in [1.807, 2.05) is 58.7 Å². The van der Waals surface area contributed by atoms with E-state index in [1.54, 1.807) is 0 Å². The van der Waals surface area contributed by atoms with Gasteiger partial charge < -0.3 is 14.4 Å². The highest BCUT2D eigenvalue weighted by Gasteiger charge is 2.24. The smallest absolute Gasteiger partial charge is 0.248 e. The lowest BCUT2D eigenvalue weighted by Crippen LogP contribution is -2.26. The summed E-state index contributed by atoms with van der Waals surface area (Å²) in [7, 11) is 7.85. The Morgan fingerprint density at radius 1 is 1.08 bits per heavy atom. The minimum Gasteiger partial charge on any atom is -0.502 e. The van der Waals surface area contributed by atoms with Gasteiger partial charge in [0.25, 0.3) is 0 Å². The molecule has 24 heavy (non-hydrogen) atoms. The molecule has 0 radical (unpaired) electrons. The van der Waals surface area contributed by atoms with Crippen LogP contribution in [0.25, 0.3) is 22.6 Å². The lowest BCUT2D eigenvalue weighted by atomic mass is 10.0. The van der Waals surface area contributed by atoms with E-state index in [1.165, 1.54) is 0 Å². The predicted octanol–water partition coefficient (Wildman–Crippen LogP) is 2.66. The van der Waals surface area contributed by atoms with E-state index in [4.69, 9.17) is 9.40 Å². The van der Waals surface area contributed by atoms with Crippen LogP contribution in [-0.2, 0) is 0 Å². The first-order valence-electron chi connectivity index (χ1n) is 7.97. The summed E-state index contributed by atoms with van der Waals surface area (Å²) in [5, 5.41) is 11.3. The van der Waals surface area contributed by atoms with Gasteiger partial charge in [-0.1, -0.05) is 0 Å². The Kier molecular flexibility index (Phi) is 3.74. The van der Waals surface area contributed by atoms with Gasteiger partial charge in [-0.05, 0) is 32.4 Å². The van der Waals surface area contributed by atoms with Crippen LogP contribution < -0.4 is 14.8 Å². The molecule has 1 aliphatic heterocycles. The zero-order chi connectivity index (χ0) is 17.8. The molecule has 0 saturated heterocycles. The Bertz CT molecular complexity index is 996. The number of nitrogens with zero attached hydrogens (tertiary/aromatic N) is 3. The summed E-state index contributed by atoms with van der Waals surface area (Å²) in [5.41, 5.74) is 6.12. The number of anilines is 1. The van der Waals surface area contributed by atoms with E-state index in [0.717, 1.165) is 44.6 Å². The van der Waals surface area contributed by atoms with Gasteiger partial charge in [0.15, 0.2) is 17.1 Å². The fourth-order valence-electron chi connectivity index (χ4n) is 3.27. The first-order valence-corrected chi connectivity index (χ1v) is 7.97. The molecular weight excluding hydrogens is 302 g/mol. The van der Waals surface area contributed by atoms with Crippen LogP contribution in [0.15, 0.2) is 16.5 Å². The van der Waals surface area contributed by atoms with E-state index < -0.39 is 0 Å². The molecule has 1 heterocycles. The molecule has 1 aliphatic carbocycles. The Morgan fingerprint density at radius 2 is 1.75 bits per heavy atom. The molecule has 2 aliphatic rings. The quantitative estimate of drug-likeness (QED) is 0.552. The lowest BCUT2D eigenvalue weighted by Gasteiger charge is -2.18. The maximum absolute atomic E-state index is 10.6. The highest BCUT2D eigenvalue weighted by molar-refractivity contribution is 5.83. The Hall–Kier alpha value is -2.56. The van der Waals surface area contributed by atoms with Crippen LogP contribution in [0.5, 0.6) is 5.75 Å². The van der Waals surface area contributed by atoms with Gasteiger partial charge in [-0.15, -0.1) is 0 Å². The first-order chi connectivity index (χ1) is 11.2. The number of fused-ring (bicyclic) bond motifs is 2. The maximum atomic E-state index is 10.6. The standard InChI is InChI=1S/C19H23N3O2/c1-10-8-13-15(9-14(10)21(4)5)24-19-12(3)17(22(6)7)18(23)11(2)16(19)20-13/h8-9H,1-7H3/p+1. The second kappa shape index (κ2) is 5.51. The van der Waals surface area contributed by atoms with Crippen molar-refractivity contribution in [3.05, 3.63) is 34.2 Å². The van der Waals surface area contributed by atoms with E-state index in [0.29, 0.717) is 5.69 Å². The van der Waals surface area contributed by atoms with Crippen molar-refractivity contribution in [1.29, 1.82) is 0 Å². The second-order valence-corrected chi connectivity index (χ2v) is 6.73. The molecular formula is C19H24N3O2+. The van der Waals surface area contributed by atoms with Gasteiger partial charge in [0.1, 0.15) is 25.3 Å². The molecule has 0 saturated carbocycles. The van der Waals surface area contributed by atoms with Crippen LogP contribution >= 0.6 is 0 Å². The molecule has 0 fully saturated rings. The molecule has 1 aromatic rings. The summed E-state index contributed by atoms with van der Waals surface area (Å²) in [5.74, 6) is 0.976. The van der Waals surface area contributed by atoms with Crippen molar-refractivity contribution in [2.45, 2.75) is 20.8 Å². The van der Waals surface area contributed by atoms with Crippen molar-refractivity contribution in [2.75, 3.05) is 33.1 Å². The number of hydrogen-bond acceptors (Lipinski definition) is 4. The van der Waals surface area contributed by atoms with Crippen LogP contribution in [0.1, 0.15) is 16.7 Å². The van der Waals surface area contributed by atoms with Gasteiger partial charge in [-0.2, -0.15) is 0 Å². The van der Waals surface area contributed by atoms with Gasteiger partial charge in [0.05, 0.1) is 5.56 Å². The number of phenols is 1. The number of aryl methyl sites for hydroxylation is 1. The molecule has 0 unspecified atom stereocenters. The third-order valence-electron chi connectivity index (χ3n) is 4.50. The highest BCUT2D eigenvalue weighted by atomic mass is 16.3. The summed E-state index contributed by atoms with van der Waals surface area (Å²) >= 11 is 0. The molecule has 0 spiro atoms. The van der Waals surface area contributed by atoms with Gasteiger partial charge in [0.2, 0.25) is 5.36 Å².